The molecule has 1 aliphatic rings. The largest absolute Gasteiger partial charge is 0.355 e. The average Bonchev–Trinajstić information content (AvgIpc) is 2.81. The summed E-state index contributed by atoms with van der Waals surface area (Å²) in [7, 11) is 0. The number of aromatic nitrogens is 3. The third-order valence-corrected chi connectivity index (χ3v) is 5.49. The van der Waals surface area contributed by atoms with E-state index in [9.17, 15) is 14.9 Å². The molecular weight excluding hydrogens is 396 g/mol. The first-order chi connectivity index (χ1) is 15.0. The van der Waals surface area contributed by atoms with Gasteiger partial charge in [0.05, 0.1) is 10.6 Å². The second-order valence-corrected chi connectivity index (χ2v) is 7.50. The van der Waals surface area contributed by atoms with E-state index in [1.54, 1.807) is 31.5 Å². The Morgan fingerprint density at radius 3 is 2.58 bits per heavy atom. The van der Waals surface area contributed by atoms with Gasteiger partial charge in [-0.3, -0.25) is 19.9 Å². The highest BCUT2D eigenvalue weighted by molar-refractivity contribution is 5.95. The number of piperidine rings is 1. The van der Waals surface area contributed by atoms with Crippen LogP contribution >= 0.6 is 0 Å². The van der Waals surface area contributed by atoms with Crippen LogP contribution in [0.2, 0.25) is 0 Å². The molecular formula is C22H22N6O3. The van der Waals surface area contributed by atoms with Gasteiger partial charge in [0, 0.05) is 43.0 Å². The Balaban J connectivity index is 1.38. The molecule has 4 rings (SSSR count). The number of carbonyl (C=O) groups excluding carboxylic acids is 1. The maximum absolute atomic E-state index is 12.8. The number of nitrogens with one attached hydrogen (secondary N) is 1. The van der Waals surface area contributed by atoms with Gasteiger partial charge in [-0.2, -0.15) is 0 Å². The number of hydrogen-bond donors (Lipinski definition) is 1. The van der Waals surface area contributed by atoms with E-state index >= 15 is 0 Å². The third-order valence-electron chi connectivity index (χ3n) is 5.49. The molecule has 0 aliphatic carbocycles. The van der Waals surface area contributed by atoms with E-state index in [1.807, 2.05) is 24.3 Å². The first-order valence-corrected chi connectivity index (χ1v) is 10.1. The van der Waals surface area contributed by atoms with E-state index in [2.05, 4.69) is 25.4 Å². The van der Waals surface area contributed by atoms with E-state index in [0.717, 1.165) is 17.1 Å². The summed E-state index contributed by atoms with van der Waals surface area (Å²) in [5, 5.41) is 22.7. The molecule has 1 aromatic carbocycles. The molecule has 158 valence electrons. The van der Waals surface area contributed by atoms with Crippen LogP contribution in [0.1, 0.15) is 18.4 Å². The van der Waals surface area contributed by atoms with Crippen LogP contribution in [0.25, 0.3) is 11.3 Å². The van der Waals surface area contributed by atoms with Crippen molar-refractivity contribution in [1.82, 2.24) is 15.2 Å². The molecule has 1 amide bonds. The smallest absolute Gasteiger partial charge is 0.293 e. The fourth-order valence-electron chi connectivity index (χ4n) is 3.73. The molecule has 0 unspecified atom stereocenters. The molecule has 1 aliphatic heterocycles. The van der Waals surface area contributed by atoms with Crippen LogP contribution in [-0.2, 0) is 4.79 Å². The van der Waals surface area contributed by atoms with Crippen LogP contribution in [0.3, 0.4) is 0 Å². The molecule has 2 aromatic heterocycles. The van der Waals surface area contributed by atoms with E-state index in [-0.39, 0.29) is 23.2 Å². The predicted molar refractivity (Wildman–Crippen MR) is 117 cm³/mol. The van der Waals surface area contributed by atoms with Crippen LogP contribution in [0.4, 0.5) is 17.2 Å². The highest BCUT2D eigenvalue weighted by atomic mass is 16.6. The Bertz CT molecular complexity index is 1080. The first kappa shape index (κ1) is 20.4. The lowest BCUT2D eigenvalue weighted by atomic mass is 9.95. The minimum atomic E-state index is -0.473. The summed E-state index contributed by atoms with van der Waals surface area (Å²) in [4.78, 5) is 29.7. The second kappa shape index (κ2) is 8.86. The molecule has 9 heteroatoms. The lowest BCUT2D eigenvalue weighted by molar-refractivity contribution is -0.384. The van der Waals surface area contributed by atoms with Crippen LogP contribution < -0.4 is 10.2 Å². The molecule has 1 fully saturated rings. The minimum Gasteiger partial charge on any atom is -0.355 e. The van der Waals surface area contributed by atoms with Gasteiger partial charge in [-0.15, -0.1) is 10.2 Å². The van der Waals surface area contributed by atoms with Crippen molar-refractivity contribution in [2.24, 2.45) is 5.92 Å². The predicted octanol–water partition coefficient (Wildman–Crippen LogP) is 3.61. The monoisotopic (exact) mass is 418 g/mol. The fraction of sp³-hybridized carbons (Fsp3) is 0.273. The summed E-state index contributed by atoms with van der Waals surface area (Å²) < 4.78 is 0. The molecule has 3 heterocycles. The van der Waals surface area contributed by atoms with Crippen LogP contribution in [0.15, 0.2) is 54.9 Å². The summed E-state index contributed by atoms with van der Waals surface area (Å²) in [6.45, 7) is 3.07. The number of rotatable bonds is 5. The molecule has 0 spiro atoms. The highest BCUT2D eigenvalue weighted by Gasteiger charge is 2.28. The number of pyridine rings is 1. The van der Waals surface area contributed by atoms with Gasteiger partial charge in [-0.05, 0) is 49.6 Å². The normalized spacial score (nSPS) is 14.3. The minimum absolute atomic E-state index is 0.0882. The Hall–Kier alpha value is -3.88. The number of nitro groups is 1. The van der Waals surface area contributed by atoms with Crippen molar-refractivity contribution in [2.45, 2.75) is 19.8 Å². The molecule has 0 bridgehead atoms. The summed E-state index contributed by atoms with van der Waals surface area (Å²) in [5.74, 6) is 0.370. The Kier molecular flexibility index (Phi) is 5.83. The van der Waals surface area contributed by atoms with Crippen molar-refractivity contribution in [2.75, 3.05) is 23.3 Å². The van der Waals surface area contributed by atoms with Crippen molar-refractivity contribution in [1.29, 1.82) is 0 Å². The quantitative estimate of drug-likeness (QED) is 0.497. The Morgan fingerprint density at radius 1 is 1.13 bits per heavy atom. The average molecular weight is 418 g/mol. The number of carbonyl (C=O) groups is 1. The fourth-order valence-corrected chi connectivity index (χ4v) is 3.73. The van der Waals surface area contributed by atoms with Crippen LogP contribution in [0.5, 0.6) is 0 Å². The first-order valence-electron chi connectivity index (χ1n) is 10.1. The number of anilines is 2. The zero-order valence-electron chi connectivity index (χ0n) is 17.1. The number of aryl methyl sites for hydroxylation is 1. The zero-order chi connectivity index (χ0) is 21.8. The lowest BCUT2D eigenvalue weighted by Crippen LogP contribution is -2.38. The second-order valence-electron chi connectivity index (χ2n) is 7.50. The summed E-state index contributed by atoms with van der Waals surface area (Å²) in [6, 6.07) is 12.4. The molecule has 31 heavy (non-hydrogen) atoms. The van der Waals surface area contributed by atoms with Crippen molar-refractivity contribution < 1.29 is 9.72 Å². The highest BCUT2D eigenvalue weighted by Crippen LogP contribution is 2.30. The number of para-hydroxylation sites is 1. The summed E-state index contributed by atoms with van der Waals surface area (Å²) >= 11 is 0. The molecule has 9 nitrogen and oxygen atoms in total. The maximum Gasteiger partial charge on any atom is 0.293 e. The van der Waals surface area contributed by atoms with Gasteiger partial charge in [0.1, 0.15) is 5.69 Å². The zero-order valence-corrected chi connectivity index (χ0v) is 17.1. The number of nitrogens with zero attached hydrogens (tertiary/aromatic N) is 5. The van der Waals surface area contributed by atoms with E-state index in [4.69, 9.17) is 0 Å². The van der Waals surface area contributed by atoms with Gasteiger partial charge in [-0.25, -0.2) is 0 Å². The summed E-state index contributed by atoms with van der Waals surface area (Å²) in [5.41, 5.74) is 2.52. The topological polar surface area (TPSA) is 114 Å². The standard InChI is InChI=1S/C22H22N6O3/c1-15-4-2-6-19(28(30)31)21(15)24-22(29)16-9-12-27(13-10-16)20-8-7-18(25-26-20)17-5-3-11-23-14-17/h2-8,11,14,16H,9-10,12-13H2,1H3,(H,24,29). The van der Waals surface area contributed by atoms with Gasteiger partial charge in [0.15, 0.2) is 5.82 Å². The lowest BCUT2D eigenvalue weighted by Gasteiger charge is -2.31. The summed E-state index contributed by atoms with van der Waals surface area (Å²) in [6.07, 6.45) is 4.73. The molecule has 0 saturated carbocycles. The van der Waals surface area contributed by atoms with Crippen LogP contribution in [-0.4, -0.2) is 39.1 Å². The van der Waals surface area contributed by atoms with Crippen molar-refractivity contribution in [3.8, 4) is 11.3 Å². The Labute approximate surface area is 179 Å². The van der Waals surface area contributed by atoms with Gasteiger partial charge >= 0.3 is 0 Å². The molecule has 0 atom stereocenters. The SMILES string of the molecule is Cc1cccc([N+](=O)[O-])c1NC(=O)C1CCN(c2ccc(-c3cccnc3)nn2)CC1. The van der Waals surface area contributed by atoms with Crippen molar-refractivity contribution >= 4 is 23.1 Å². The Morgan fingerprint density at radius 2 is 1.94 bits per heavy atom. The number of nitro benzene ring substituents is 1. The number of amides is 1. The van der Waals surface area contributed by atoms with Crippen molar-refractivity contribution in [3.05, 3.63) is 70.5 Å². The van der Waals surface area contributed by atoms with Gasteiger partial charge in [0.2, 0.25) is 5.91 Å². The van der Waals surface area contributed by atoms with Crippen LogP contribution in [0, 0.1) is 23.0 Å². The number of hydrogen-bond acceptors (Lipinski definition) is 7. The molecule has 1 saturated heterocycles. The van der Waals surface area contributed by atoms with E-state index in [0.29, 0.717) is 31.5 Å². The van der Waals surface area contributed by atoms with Gasteiger partial charge in [-0.1, -0.05) is 12.1 Å². The maximum atomic E-state index is 12.8. The molecule has 3 aromatic rings. The van der Waals surface area contributed by atoms with Gasteiger partial charge in [0.25, 0.3) is 5.69 Å². The molecule has 0 radical (unpaired) electrons. The van der Waals surface area contributed by atoms with Crippen molar-refractivity contribution in [3.63, 3.8) is 0 Å². The van der Waals surface area contributed by atoms with E-state index in [1.165, 1.54) is 6.07 Å². The molecule has 1 N–H and O–H groups in total. The van der Waals surface area contributed by atoms with E-state index < -0.39 is 4.92 Å². The third kappa shape index (κ3) is 4.50. The number of benzene rings is 1. The van der Waals surface area contributed by atoms with Gasteiger partial charge < -0.3 is 10.2 Å².